The molecule has 6 heteroatoms. The molecule has 3 rings (SSSR count). The van der Waals surface area contributed by atoms with Crippen LogP contribution in [-0.2, 0) is 0 Å². The van der Waals surface area contributed by atoms with E-state index in [0.29, 0.717) is 16.4 Å². The van der Waals surface area contributed by atoms with Crippen molar-refractivity contribution in [1.29, 1.82) is 0 Å². The van der Waals surface area contributed by atoms with Crippen molar-refractivity contribution in [2.45, 2.75) is 0 Å². The zero-order valence-corrected chi connectivity index (χ0v) is 10.9. The van der Waals surface area contributed by atoms with Crippen LogP contribution in [-0.4, -0.2) is 15.3 Å². The van der Waals surface area contributed by atoms with Gasteiger partial charge in [0.1, 0.15) is 17.2 Å². The van der Waals surface area contributed by atoms with Crippen LogP contribution in [0.25, 0.3) is 5.65 Å². The number of nitrogens with zero attached hydrogens (tertiary/aromatic N) is 2. The number of carbonyl (C=O) groups excluding carboxylic acids is 1. The zero-order chi connectivity index (χ0) is 14.1. The molecule has 2 heterocycles. The third-order valence-electron chi connectivity index (χ3n) is 2.73. The average Bonchev–Trinajstić information content (AvgIpc) is 2.81. The predicted molar refractivity (Wildman–Crippen MR) is 74.6 cm³/mol. The number of hydrogen-bond acceptors (Lipinski definition) is 2. The van der Waals surface area contributed by atoms with Crippen LogP contribution in [0.15, 0.2) is 48.8 Å². The van der Waals surface area contributed by atoms with Gasteiger partial charge < -0.3 is 9.72 Å². The highest BCUT2D eigenvalue weighted by Gasteiger charge is 2.11. The highest BCUT2D eigenvalue weighted by atomic mass is 35.5. The third kappa shape index (κ3) is 2.48. The van der Waals surface area contributed by atoms with Crippen molar-refractivity contribution in [3.05, 3.63) is 65.3 Å². The lowest BCUT2D eigenvalue weighted by atomic mass is 10.3. The van der Waals surface area contributed by atoms with Crippen LogP contribution in [0.4, 0.5) is 10.1 Å². The van der Waals surface area contributed by atoms with Crippen molar-refractivity contribution in [3.8, 4) is 0 Å². The number of nitrogens with one attached hydrogen (secondary N) is 1. The Morgan fingerprint density at radius 3 is 2.90 bits per heavy atom. The Morgan fingerprint density at radius 2 is 2.10 bits per heavy atom. The number of carbonyl (C=O) groups is 1. The van der Waals surface area contributed by atoms with Crippen LogP contribution in [0.1, 0.15) is 10.5 Å². The largest absolute Gasteiger partial charge is 0.321 e. The summed E-state index contributed by atoms with van der Waals surface area (Å²) in [6, 6.07) is 9.08. The quantitative estimate of drug-likeness (QED) is 0.786. The number of anilines is 1. The summed E-state index contributed by atoms with van der Waals surface area (Å²) in [6.45, 7) is 0. The zero-order valence-electron chi connectivity index (χ0n) is 10.2. The Bertz CT molecular complexity index is 800. The maximum absolute atomic E-state index is 13.0. The van der Waals surface area contributed by atoms with Crippen molar-refractivity contribution < 1.29 is 9.18 Å². The summed E-state index contributed by atoms with van der Waals surface area (Å²) in [7, 11) is 0. The number of hydrogen-bond donors (Lipinski definition) is 1. The van der Waals surface area contributed by atoms with Gasteiger partial charge in [-0.25, -0.2) is 9.37 Å². The molecule has 0 radical (unpaired) electrons. The number of fused-ring (bicyclic) bond motifs is 1. The minimum atomic E-state index is -0.412. The lowest BCUT2D eigenvalue weighted by Gasteiger charge is -2.02. The first-order valence-corrected chi connectivity index (χ1v) is 6.21. The predicted octanol–water partition coefficient (Wildman–Crippen LogP) is 3.38. The maximum Gasteiger partial charge on any atom is 0.275 e. The molecule has 1 N–H and O–H groups in total. The van der Waals surface area contributed by atoms with Gasteiger partial charge in [-0.1, -0.05) is 17.7 Å². The molecule has 0 aliphatic heterocycles. The van der Waals surface area contributed by atoms with Crippen molar-refractivity contribution >= 4 is 28.8 Å². The highest BCUT2D eigenvalue weighted by Crippen LogP contribution is 2.14. The Kier molecular flexibility index (Phi) is 3.12. The van der Waals surface area contributed by atoms with Gasteiger partial charge in [-0.2, -0.15) is 0 Å². The topological polar surface area (TPSA) is 46.4 Å². The van der Waals surface area contributed by atoms with E-state index in [1.54, 1.807) is 35.0 Å². The van der Waals surface area contributed by atoms with Gasteiger partial charge in [0, 0.05) is 18.1 Å². The molecule has 3 aromatic rings. The van der Waals surface area contributed by atoms with Gasteiger partial charge in [0.25, 0.3) is 5.91 Å². The normalized spacial score (nSPS) is 10.7. The van der Waals surface area contributed by atoms with E-state index in [9.17, 15) is 9.18 Å². The van der Waals surface area contributed by atoms with E-state index < -0.39 is 11.7 Å². The van der Waals surface area contributed by atoms with E-state index in [0.717, 1.165) is 0 Å². The Morgan fingerprint density at radius 1 is 1.25 bits per heavy atom. The van der Waals surface area contributed by atoms with Crippen molar-refractivity contribution in [2.75, 3.05) is 5.32 Å². The number of rotatable bonds is 2. The standard InChI is InChI=1S/C14H9ClFN3O/c15-9-4-5-13-18-12(8-19(13)7-9)14(20)17-11-3-1-2-10(16)6-11/h1-8H,(H,17,20). The van der Waals surface area contributed by atoms with Gasteiger partial charge in [-0.3, -0.25) is 4.79 Å². The van der Waals surface area contributed by atoms with E-state index in [-0.39, 0.29) is 5.69 Å². The molecule has 2 aromatic heterocycles. The maximum atomic E-state index is 13.0. The van der Waals surface area contributed by atoms with Gasteiger partial charge in [0.2, 0.25) is 0 Å². The molecule has 0 aliphatic rings. The summed E-state index contributed by atoms with van der Waals surface area (Å²) >= 11 is 5.86. The minimum absolute atomic E-state index is 0.233. The fourth-order valence-corrected chi connectivity index (χ4v) is 2.00. The Hall–Kier alpha value is -2.40. The molecule has 100 valence electrons. The number of pyridine rings is 1. The molecule has 0 aliphatic carbocycles. The van der Waals surface area contributed by atoms with Crippen LogP contribution in [0, 0.1) is 5.82 Å². The van der Waals surface area contributed by atoms with Crippen molar-refractivity contribution in [1.82, 2.24) is 9.38 Å². The first-order chi connectivity index (χ1) is 9.61. The van der Waals surface area contributed by atoms with Crippen molar-refractivity contribution in [2.24, 2.45) is 0 Å². The first-order valence-electron chi connectivity index (χ1n) is 5.83. The number of halogens is 2. The molecule has 0 bridgehead atoms. The second-order valence-electron chi connectivity index (χ2n) is 4.20. The molecule has 0 spiro atoms. The third-order valence-corrected chi connectivity index (χ3v) is 2.95. The summed E-state index contributed by atoms with van der Waals surface area (Å²) < 4.78 is 14.7. The van der Waals surface area contributed by atoms with E-state index in [4.69, 9.17) is 11.6 Å². The van der Waals surface area contributed by atoms with E-state index in [1.807, 2.05) is 0 Å². The van der Waals surface area contributed by atoms with E-state index >= 15 is 0 Å². The summed E-state index contributed by atoms with van der Waals surface area (Å²) in [6.07, 6.45) is 3.22. The molecule has 0 saturated carbocycles. The van der Waals surface area contributed by atoms with Gasteiger partial charge in [-0.15, -0.1) is 0 Å². The molecule has 1 amide bonds. The molecule has 0 unspecified atom stereocenters. The van der Waals surface area contributed by atoms with Crippen LogP contribution in [0.2, 0.25) is 5.02 Å². The average molecular weight is 290 g/mol. The number of amides is 1. The second-order valence-corrected chi connectivity index (χ2v) is 4.64. The van der Waals surface area contributed by atoms with Crippen LogP contribution in [0.3, 0.4) is 0 Å². The second kappa shape index (κ2) is 4.94. The molecule has 0 atom stereocenters. The number of benzene rings is 1. The lowest BCUT2D eigenvalue weighted by molar-refractivity contribution is 0.102. The molecule has 4 nitrogen and oxygen atoms in total. The molecule has 20 heavy (non-hydrogen) atoms. The lowest BCUT2D eigenvalue weighted by Crippen LogP contribution is -2.12. The smallest absolute Gasteiger partial charge is 0.275 e. The molecular weight excluding hydrogens is 281 g/mol. The van der Waals surface area contributed by atoms with Crippen LogP contribution >= 0.6 is 11.6 Å². The summed E-state index contributed by atoms with van der Waals surface area (Å²) in [4.78, 5) is 16.2. The van der Waals surface area contributed by atoms with Gasteiger partial charge in [-0.05, 0) is 30.3 Å². The number of imidazole rings is 1. The van der Waals surface area contributed by atoms with Gasteiger partial charge in [0.15, 0.2) is 0 Å². The minimum Gasteiger partial charge on any atom is -0.321 e. The van der Waals surface area contributed by atoms with Crippen LogP contribution < -0.4 is 5.32 Å². The summed E-state index contributed by atoms with van der Waals surface area (Å²) in [5.74, 6) is -0.819. The SMILES string of the molecule is O=C(Nc1cccc(F)c1)c1cn2cc(Cl)ccc2n1. The monoisotopic (exact) mass is 289 g/mol. The fraction of sp³-hybridized carbons (Fsp3) is 0. The summed E-state index contributed by atoms with van der Waals surface area (Å²) in [5.41, 5.74) is 1.22. The molecule has 1 aromatic carbocycles. The Balaban J connectivity index is 1.88. The molecular formula is C14H9ClFN3O. The highest BCUT2D eigenvalue weighted by molar-refractivity contribution is 6.30. The van der Waals surface area contributed by atoms with Gasteiger partial charge in [0.05, 0.1) is 5.02 Å². The van der Waals surface area contributed by atoms with Crippen molar-refractivity contribution in [3.63, 3.8) is 0 Å². The van der Waals surface area contributed by atoms with Crippen LogP contribution in [0.5, 0.6) is 0 Å². The summed E-state index contributed by atoms with van der Waals surface area (Å²) in [5, 5.41) is 3.13. The first kappa shape index (κ1) is 12.6. The number of aromatic nitrogens is 2. The van der Waals surface area contributed by atoms with E-state index in [1.165, 1.54) is 18.2 Å². The van der Waals surface area contributed by atoms with E-state index in [2.05, 4.69) is 10.3 Å². The Labute approximate surface area is 118 Å². The molecule has 0 fully saturated rings. The fourth-order valence-electron chi connectivity index (χ4n) is 1.84. The van der Waals surface area contributed by atoms with Gasteiger partial charge >= 0.3 is 0 Å². The molecule has 0 saturated heterocycles.